The molecule has 7 heteroatoms. The van der Waals surface area contributed by atoms with Gasteiger partial charge in [0.15, 0.2) is 11.2 Å². The van der Waals surface area contributed by atoms with Gasteiger partial charge in [0.05, 0.1) is 12.5 Å². The first-order valence-corrected chi connectivity index (χ1v) is 8.36. The molecule has 0 N–H and O–H groups in total. The van der Waals surface area contributed by atoms with E-state index < -0.39 is 0 Å². The quantitative estimate of drug-likeness (QED) is 0.764. The van der Waals surface area contributed by atoms with Gasteiger partial charge in [-0.15, -0.1) is 11.6 Å². The molecule has 0 bridgehead atoms. The van der Waals surface area contributed by atoms with Crippen molar-refractivity contribution < 1.29 is 4.74 Å². The Morgan fingerprint density at radius 1 is 1.45 bits per heavy atom. The van der Waals surface area contributed by atoms with E-state index in [4.69, 9.17) is 16.3 Å². The molecule has 110 valence electrons. The average molecular weight is 315 g/mol. The lowest BCUT2D eigenvalue weighted by atomic mass is 10.2. The molecule has 0 saturated carbocycles. The summed E-state index contributed by atoms with van der Waals surface area (Å²) in [6.45, 7) is 4.08. The third kappa shape index (κ3) is 2.72. The molecule has 0 aliphatic carbocycles. The number of thioether (sulfide) groups is 1. The van der Waals surface area contributed by atoms with Gasteiger partial charge in [0.2, 0.25) is 5.88 Å². The molecule has 2 aromatic heterocycles. The minimum Gasteiger partial charge on any atom is -0.479 e. The third-order valence-electron chi connectivity index (χ3n) is 3.22. The summed E-state index contributed by atoms with van der Waals surface area (Å²) < 4.78 is 7.41. The molecule has 0 saturated heterocycles. The van der Waals surface area contributed by atoms with Crippen LogP contribution in [0.25, 0.3) is 11.2 Å². The van der Waals surface area contributed by atoms with Crippen LogP contribution in [0.1, 0.15) is 37.5 Å². The molecule has 2 unspecified atom stereocenters. The first kappa shape index (κ1) is 15.4. The highest BCUT2D eigenvalue weighted by molar-refractivity contribution is 7.98. The van der Waals surface area contributed by atoms with Gasteiger partial charge in [-0.3, -0.25) is 0 Å². The second kappa shape index (κ2) is 6.63. The van der Waals surface area contributed by atoms with Gasteiger partial charge in [-0.05, 0) is 19.6 Å². The summed E-state index contributed by atoms with van der Waals surface area (Å²) in [6.07, 6.45) is 4.60. The van der Waals surface area contributed by atoms with Crippen molar-refractivity contribution in [3.63, 3.8) is 0 Å². The Kier molecular flexibility index (Phi) is 5.10. The van der Waals surface area contributed by atoms with E-state index in [2.05, 4.69) is 32.7 Å². The Morgan fingerprint density at radius 2 is 2.20 bits per heavy atom. The Morgan fingerprint density at radius 3 is 2.75 bits per heavy atom. The van der Waals surface area contributed by atoms with Crippen molar-refractivity contribution in [2.45, 2.75) is 31.7 Å². The predicted molar refractivity (Wildman–Crippen MR) is 83.9 cm³/mol. The highest BCUT2D eigenvalue weighted by Crippen LogP contribution is 2.32. The van der Waals surface area contributed by atoms with Gasteiger partial charge in [-0.1, -0.05) is 6.92 Å². The van der Waals surface area contributed by atoms with Crippen molar-refractivity contribution >= 4 is 34.5 Å². The van der Waals surface area contributed by atoms with Gasteiger partial charge >= 0.3 is 0 Å². The first-order chi connectivity index (χ1) is 9.63. The SMILES string of the molecule is CCC(CSC)n1c(C(C)Cl)nc2c(OC)ncnc21. The van der Waals surface area contributed by atoms with Crippen LogP contribution in [0, 0.1) is 0 Å². The Bertz CT molecular complexity index is 587. The van der Waals surface area contributed by atoms with Gasteiger partial charge in [0.1, 0.15) is 12.2 Å². The number of rotatable bonds is 6. The number of methoxy groups -OCH3 is 1. The molecular formula is C13H19ClN4OS. The van der Waals surface area contributed by atoms with Gasteiger partial charge in [-0.2, -0.15) is 16.7 Å². The monoisotopic (exact) mass is 314 g/mol. The third-order valence-corrected chi connectivity index (χ3v) is 4.13. The number of ether oxygens (including phenoxy) is 1. The van der Waals surface area contributed by atoms with E-state index in [1.807, 2.05) is 6.92 Å². The molecule has 0 radical (unpaired) electrons. The Balaban J connectivity index is 2.68. The minimum atomic E-state index is -0.190. The average Bonchev–Trinajstić information content (AvgIpc) is 2.84. The van der Waals surface area contributed by atoms with Crippen LogP contribution in [-0.4, -0.2) is 38.6 Å². The summed E-state index contributed by atoms with van der Waals surface area (Å²) in [5.74, 6) is 2.30. The number of aromatic nitrogens is 4. The maximum absolute atomic E-state index is 6.30. The van der Waals surface area contributed by atoms with Crippen LogP contribution < -0.4 is 4.74 Å². The molecule has 5 nitrogen and oxygen atoms in total. The van der Waals surface area contributed by atoms with Crippen LogP contribution in [0.15, 0.2) is 6.33 Å². The maximum Gasteiger partial charge on any atom is 0.245 e. The number of fused-ring (bicyclic) bond motifs is 1. The second-order valence-electron chi connectivity index (χ2n) is 4.53. The standard InChI is InChI=1S/C13H19ClN4OS/c1-5-9(6-20-4)18-11(8(2)14)17-10-12(18)15-7-16-13(10)19-3/h7-9H,5-6H2,1-4H3. The van der Waals surface area contributed by atoms with Crippen LogP contribution in [0.3, 0.4) is 0 Å². The molecule has 2 atom stereocenters. The first-order valence-electron chi connectivity index (χ1n) is 6.53. The summed E-state index contributed by atoms with van der Waals surface area (Å²) in [5.41, 5.74) is 1.47. The topological polar surface area (TPSA) is 52.8 Å². The predicted octanol–water partition coefficient (Wildman–Crippen LogP) is 3.45. The molecule has 2 aromatic rings. The molecule has 20 heavy (non-hydrogen) atoms. The van der Waals surface area contributed by atoms with E-state index in [-0.39, 0.29) is 5.38 Å². The summed E-state index contributed by atoms with van der Waals surface area (Å²) in [4.78, 5) is 13.1. The number of nitrogens with zero attached hydrogens (tertiary/aromatic N) is 4. The lowest BCUT2D eigenvalue weighted by Crippen LogP contribution is -2.15. The van der Waals surface area contributed by atoms with Gasteiger partial charge in [0, 0.05) is 11.8 Å². The smallest absolute Gasteiger partial charge is 0.245 e. The van der Waals surface area contributed by atoms with Gasteiger partial charge < -0.3 is 9.30 Å². The highest BCUT2D eigenvalue weighted by Gasteiger charge is 2.23. The van der Waals surface area contributed by atoms with Crippen LogP contribution in [0.4, 0.5) is 0 Å². The molecule has 0 spiro atoms. The number of hydrogen-bond donors (Lipinski definition) is 0. The van der Waals surface area contributed by atoms with Crippen molar-refractivity contribution in [2.24, 2.45) is 0 Å². The highest BCUT2D eigenvalue weighted by atomic mass is 35.5. The lowest BCUT2D eigenvalue weighted by molar-refractivity contribution is 0.401. The molecule has 0 aliphatic heterocycles. The Labute approximate surface area is 128 Å². The van der Waals surface area contributed by atoms with E-state index in [0.717, 1.165) is 23.6 Å². The zero-order valence-corrected chi connectivity index (χ0v) is 13.7. The fourth-order valence-electron chi connectivity index (χ4n) is 2.26. The van der Waals surface area contributed by atoms with E-state index in [1.54, 1.807) is 18.9 Å². The zero-order chi connectivity index (χ0) is 14.7. The van der Waals surface area contributed by atoms with Crippen LogP contribution in [0.2, 0.25) is 0 Å². The largest absolute Gasteiger partial charge is 0.479 e. The molecule has 0 fully saturated rings. The fourth-order valence-corrected chi connectivity index (χ4v) is 3.19. The summed E-state index contributed by atoms with van der Waals surface area (Å²) in [7, 11) is 1.59. The fraction of sp³-hybridized carbons (Fsp3) is 0.615. The number of alkyl halides is 1. The molecule has 0 aliphatic rings. The van der Waals surface area contributed by atoms with Crippen molar-refractivity contribution in [1.82, 2.24) is 19.5 Å². The normalized spacial score (nSPS) is 14.4. The number of hydrogen-bond acceptors (Lipinski definition) is 5. The molecule has 2 rings (SSSR count). The summed E-state index contributed by atoms with van der Waals surface area (Å²) in [6, 6.07) is 0.311. The van der Waals surface area contributed by atoms with Crippen LogP contribution >= 0.6 is 23.4 Å². The number of halogens is 1. The van der Waals surface area contributed by atoms with Crippen molar-refractivity contribution in [3.05, 3.63) is 12.2 Å². The Hall–Kier alpha value is -1.01. The van der Waals surface area contributed by atoms with Crippen LogP contribution in [-0.2, 0) is 0 Å². The zero-order valence-electron chi connectivity index (χ0n) is 12.1. The minimum absolute atomic E-state index is 0.190. The summed E-state index contributed by atoms with van der Waals surface area (Å²) >= 11 is 8.10. The number of imidazole rings is 1. The van der Waals surface area contributed by atoms with E-state index >= 15 is 0 Å². The summed E-state index contributed by atoms with van der Waals surface area (Å²) in [5, 5.41) is -0.190. The lowest BCUT2D eigenvalue weighted by Gasteiger charge is -2.19. The van der Waals surface area contributed by atoms with Crippen molar-refractivity contribution in [3.8, 4) is 5.88 Å². The molecular weight excluding hydrogens is 296 g/mol. The van der Waals surface area contributed by atoms with E-state index in [1.165, 1.54) is 6.33 Å². The van der Waals surface area contributed by atoms with Gasteiger partial charge in [-0.25, -0.2) is 9.97 Å². The van der Waals surface area contributed by atoms with E-state index in [9.17, 15) is 0 Å². The van der Waals surface area contributed by atoms with Crippen molar-refractivity contribution in [1.29, 1.82) is 0 Å². The van der Waals surface area contributed by atoms with Crippen LogP contribution in [0.5, 0.6) is 5.88 Å². The van der Waals surface area contributed by atoms with Crippen molar-refractivity contribution in [2.75, 3.05) is 19.1 Å². The molecule has 0 amide bonds. The van der Waals surface area contributed by atoms with E-state index in [0.29, 0.717) is 17.4 Å². The second-order valence-corrected chi connectivity index (χ2v) is 6.09. The molecule has 2 heterocycles. The van der Waals surface area contributed by atoms with Gasteiger partial charge in [0.25, 0.3) is 0 Å². The maximum atomic E-state index is 6.30. The molecule has 0 aromatic carbocycles.